The van der Waals surface area contributed by atoms with E-state index in [9.17, 15) is 14.7 Å². The average Bonchev–Trinajstić information content (AvgIpc) is 3.07. The molecule has 1 N–H and O–H groups in total. The molecule has 0 fully saturated rings. The van der Waals surface area contributed by atoms with Crippen LogP contribution in [0.1, 0.15) is 28.4 Å². The Balaban J connectivity index is 1.73. The van der Waals surface area contributed by atoms with Crippen molar-refractivity contribution in [3.63, 3.8) is 0 Å². The van der Waals surface area contributed by atoms with Crippen LogP contribution in [-0.4, -0.2) is 46.7 Å². The molecular formula is C22H21N3O5. The summed E-state index contributed by atoms with van der Waals surface area (Å²) in [6, 6.07) is 7.24. The third-order valence-corrected chi connectivity index (χ3v) is 5.74. The van der Waals surface area contributed by atoms with Crippen molar-refractivity contribution < 1.29 is 19.4 Å². The van der Waals surface area contributed by atoms with Crippen LogP contribution in [0.3, 0.4) is 0 Å². The Hall–Kier alpha value is -3.23. The van der Waals surface area contributed by atoms with E-state index in [1.165, 1.54) is 7.11 Å². The monoisotopic (exact) mass is 407 g/mol. The summed E-state index contributed by atoms with van der Waals surface area (Å²) in [5, 5.41) is 11.2. The molecule has 4 heterocycles. The van der Waals surface area contributed by atoms with Crippen molar-refractivity contribution in [2.24, 2.45) is 0 Å². The van der Waals surface area contributed by atoms with Crippen molar-refractivity contribution in [1.29, 1.82) is 0 Å². The summed E-state index contributed by atoms with van der Waals surface area (Å²) >= 11 is 0. The smallest absolute Gasteiger partial charge is 0.340 e. The van der Waals surface area contributed by atoms with Crippen molar-refractivity contribution in [3.05, 3.63) is 56.9 Å². The zero-order valence-corrected chi connectivity index (χ0v) is 16.9. The maximum absolute atomic E-state index is 13.1. The van der Waals surface area contributed by atoms with E-state index in [4.69, 9.17) is 14.5 Å². The van der Waals surface area contributed by atoms with E-state index in [0.717, 1.165) is 22.0 Å². The van der Waals surface area contributed by atoms with Gasteiger partial charge in [0.1, 0.15) is 12.4 Å². The molecule has 5 rings (SSSR count). The standard InChI is InChI=1S/C22H21N3O5/c1-24(2)9-14-12-6-11-8-25-17(19(11)23-16(12)4-5-18(14)26)7-13-15(21(25)27)10-30-22(28)20(13)29-3/h4-7,20,26H,8-10H2,1-3H3. The normalized spacial score (nSPS) is 17.1. The Kier molecular flexibility index (Phi) is 4.16. The van der Waals surface area contributed by atoms with Crippen molar-refractivity contribution in [2.75, 3.05) is 21.2 Å². The molecule has 0 aliphatic carbocycles. The Morgan fingerprint density at radius 3 is 2.83 bits per heavy atom. The summed E-state index contributed by atoms with van der Waals surface area (Å²) in [6.07, 6.45) is -0.916. The number of methoxy groups -OCH3 is 1. The third kappa shape index (κ3) is 2.64. The van der Waals surface area contributed by atoms with E-state index in [2.05, 4.69) is 0 Å². The van der Waals surface area contributed by atoms with Crippen molar-refractivity contribution in [2.45, 2.75) is 25.8 Å². The average molecular weight is 407 g/mol. The number of esters is 1. The molecule has 30 heavy (non-hydrogen) atoms. The Labute approximate surface area is 172 Å². The SMILES string of the molecule is COC1C(=O)OCc2c1cc1n(c2=O)Cc2cc3c(CN(C)C)c(O)ccc3nc2-1. The molecule has 1 aromatic carbocycles. The summed E-state index contributed by atoms with van der Waals surface area (Å²) in [5.41, 5.74) is 4.59. The summed E-state index contributed by atoms with van der Waals surface area (Å²) in [7, 11) is 5.30. The number of aromatic nitrogens is 2. The number of aromatic hydroxyl groups is 1. The lowest BCUT2D eigenvalue weighted by Crippen LogP contribution is -2.33. The highest BCUT2D eigenvalue weighted by atomic mass is 16.6. The minimum Gasteiger partial charge on any atom is -0.508 e. The number of phenolic OH excluding ortho intramolecular Hbond substituents is 1. The fourth-order valence-electron chi connectivity index (χ4n) is 4.34. The van der Waals surface area contributed by atoms with Gasteiger partial charge in [-0.1, -0.05) is 0 Å². The number of pyridine rings is 2. The lowest BCUT2D eigenvalue weighted by Gasteiger charge is -2.24. The molecule has 2 aliphatic rings. The number of benzene rings is 1. The lowest BCUT2D eigenvalue weighted by atomic mass is 9.99. The van der Waals surface area contributed by atoms with E-state index in [1.54, 1.807) is 16.7 Å². The number of hydrogen-bond donors (Lipinski definition) is 1. The fraction of sp³-hybridized carbons (Fsp3) is 0.318. The van der Waals surface area contributed by atoms with Gasteiger partial charge in [0.15, 0.2) is 6.10 Å². The third-order valence-electron chi connectivity index (χ3n) is 5.74. The molecule has 2 aliphatic heterocycles. The number of rotatable bonds is 3. The first-order valence-corrected chi connectivity index (χ1v) is 9.64. The zero-order chi connectivity index (χ0) is 21.2. The molecule has 0 saturated carbocycles. The van der Waals surface area contributed by atoms with Gasteiger partial charge in [-0.15, -0.1) is 0 Å². The molecule has 8 heteroatoms. The molecule has 1 atom stereocenters. The highest BCUT2D eigenvalue weighted by Gasteiger charge is 2.35. The van der Waals surface area contributed by atoms with Gasteiger partial charge in [0, 0.05) is 35.7 Å². The van der Waals surface area contributed by atoms with E-state index in [1.807, 2.05) is 31.1 Å². The van der Waals surface area contributed by atoms with Gasteiger partial charge in [0.25, 0.3) is 5.56 Å². The number of phenols is 1. The number of ether oxygens (including phenoxy) is 2. The molecule has 3 aromatic rings. The number of cyclic esters (lactones) is 1. The van der Waals surface area contributed by atoms with E-state index < -0.39 is 12.1 Å². The van der Waals surface area contributed by atoms with E-state index >= 15 is 0 Å². The van der Waals surface area contributed by atoms with Gasteiger partial charge >= 0.3 is 5.97 Å². The van der Waals surface area contributed by atoms with Crippen molar-refractivity contribution >= 4 is 16.9 Å². The Morgan fingerprint density at radius 1 is 1.30 bits per heavy atom. The second-order valence-corrected chi connectivity index (χ2v) is 7.94. The quantitative estimate of drug-likeness (QED) is 0.519. The number of hydrogen-bond acceptors (Lipinski definition) is 7. The van der Waals surface area contributed by atoms with Gasteiger partial charge in [0.2, 0.25) is 0 Å². The van der Waals surface area contributed by atoms with Gasteiger partial charge in [0.05, 0.1) is 29.0 Å². The lowest BCUT2D eigenvalue weighted by molar-refractivity contribution is -0.159. The van der Waals surface area contributed by atoms with Crippen molar-refractivity contribution in [3.8, 4) is 17.1 Å². The van der Waals surface area contributed by atoms with Gasteiger partial charge < -0.3 is 24.0 Å². The molecule has 154 valence electrons. The summed E-state index contributed by atoms with van der Waals surface area (Å²) < 4.78 is 12.1. The molecule has 1 unspecified atom stereocenters. The molecule has 0 saturated heterocycles. The minimum absolute atomic E-state index is 0.0558. The summed E-state index contributed by atoms with van der Waals surface area (Å²) in [5.74, 6) is -0.275. The first kappa shape index (κ1) is 18.8. The van der Waals surface area contributed by atoms with Crippen LogP contribution >= 0.6 is 0 Å². The van der Waals surface area contributed by atoms with Crippen molar-refractivity contribution in [1.82, 2.24) is 14.5 Å². The largest absolute Gasteiger partial charge is 0.508 e. The molecular weight excluding hydrogens is 386 g/mol. The van der Waals surface area contributed by atoms with E-state index in [-0.39, 0.29) is 17.9 Å². The van der Waals surface area contributed by atoms with Gasteiger partial charge in [-0.05, 0) is 38.4 Å². The summed E-state index contributed by atoms with van der Waals surface area (Å²) in [6.45, 7) is 0.891. The topological polar surface area (TPSA) is 93.9 Å². The second kappa shape index (κ2) is 6.65. The number of carbonyl (C=O) groups is 1. The second-order valence-electron chi connectivity index (χ2n) is 7.94. The van der Waals surface area contributed by atoms with Crippen LogP contribution in [0.15, 0.2) is 29.1 Å². The predicted octanol–water partition coefficient (Wildman–Crippen LogP) is 1.94. The van der Waals surface area contributed by atoms with Crippen LogP contribution in [0.4, 0.5) is 0 Å². The molecule has 0 bridgehead atoms. The van der Waals surface area contributed by atoms with Crippen LogP contribution in [0.25, 0.3) is 22.3 Å². The fourth-order valence-corrected chi connectivity index (χ4v) is 4.34. The van der Waals surface area contributed by atoms with Crippen LogP contribution in [0, 0.1) is 0 Å². The number of nitrogens with zero attached hydrogens (tertiary/aromatic N) is 3. The Bertz CT molecular complexity index is 1280. The maximum Gasteiger partial charge on any atom is 0.340 e. The Morgan fingerprint density at radius 2 is 2.10 bits per heavy atom. The molecule has 2 aromatic heterocycles. The van der Waals surface area contributed by atoms with Gasteiger partial charge in [-0.2, -0.15) is 0 Å². The highest BCUT2D eigenvalue weighted by molar-refractivity contribution is 5.88. The first-order valence-electron chi connectivity index (χ1n) is 9.64. The first-order chi connectivity index (χ1) is 14.4. The summed E-state index contributed by atoms with van der Waals surface area (Å²) in [4.78, 5) is 32.0. The predicted molar refractivity (Wildman–Crippen MR) is 109 cm³/mol. The molecule has 0 amide bonds. The number of fused-ring (bicyclic) bond motifs is 5. The van der Waals surface area contributed by atoms with Crippen LogP contribution in [0.5, 0.6) is 5.75 Å². The van der Waals surface area contributed by atoms with Gasteiger partial charge in [-0.3, -0.25) is 4.79 Å². The van der Waals surface area contributed by atoms with E-state index in [0.29, 0.717) is 35.6 Å². The van der Waals surface area contributed by atoms with Crippen LogP contribution in [0.2, 0.25) is 0 Å². The van der Waals surface area contributed by atoms with Crippen LogP contribution in [-0.2, 0) is 34.0 Å². The van der Waals surface area contributed by atoms with Crippen LogP contribution < -0.4 is 5.56 Å². The minimum atomic E-state index is -0.916. The molecule has 8 nitrogen and oxygen atoms in total. The number of carbonyl (C=O) groups excluding carboxylic acids is 1. The molecule has 0 spiro atoms. The zero-order valence-electron chi connectivity index (χ0n) is 16.9. The highest BCUT2D eigenvalue weighted by Crippen LogP contribution is 2.37. The molecule has 0 radical (unpaired) electrons. The van der Waals surface area contributed by atoms with Gasteiger partial charge in [-0.25, -0.2) is 9.78 Å². The maximum atomic E-state index is 13.1.